The molecule has 0 spiro atoms. The van der Waals surface area contributed by atoms with Crippen molar-refractivity contribution in [3.63, 3.8) is 0 Å². The first-order valence-corrected chi connectivity index (χ1v) is 31.7. The summed E-state index contributed by atoms with van der Waals surface area (Å²) in [6.45, 7) is 8.29. The van der Waals surface area contributed by atoms with Gasteiger partial charge in [0, 0.05) is 82.1 Å². The van der Waals surface area contributed by atoms with Gasteiger partial charge in [0.05, 0.1) is 50.0 Å². The van der Waals surface area contributed by atoms with Gasteiger partial charge in [-0.1, -0.05) is 164 Å². The van der Waals surface area contributed by atoms with E-state index in [2.05, 4.69) is 288 Å². The minimum Gasteiger partial charge on any atom is -0.399 e. The van der Waals surface area contributed by atoms with Crippen LogP contribution in [-0.2, 0) is 9.31 Å². The van der Waals surface area contributed by atoms with E-state index in [1.54, 1.807) is 6.20 Å². The fraction of sp³-hybridized carbons (Fsp3) is 0.0800. The minimum atomic E-state index is -0.364. The Morgan fingerprint density at radius 2 is 0.739 bits per heavy atom. The summed E-state index contributed by atoms with van der Waals surface area (Å²) in [5.74, 6) is 2.71. The summed E-state index contributed by atoms with van der Waals surface area (Å²) in [5.41, 5.74) is 18.1. The van der Waals surface area contributed by atoms with Gasteiger partial charge >= 0.3 is 7.12 Å². The predicted octanol–water partition coefficient (Wildman–Crippen LogP) is 17.3. The van der Waals surface area contributed by atoms with Gasteiger partial charge in [0.15, 0.2) is 15.9 Å². The number of rotatable bonds is 9. The maximum absolute atomic E-state index is 6.19. The second-order valence-corrected chi connectivity index (χ2v) is 24.9. The fourth-order valence-electron chi connectivity index (χ4n) is 11.6. The van der Waals surface area contributed by atoms with Crippen LogP contribution in [0.2, 0.25) is 0 Å². The van der Waals surface area contributed by atoms with E-state index in [0.717, 1.165) is 133 Å². The van der Waals surface area contributed by atoms with E-state index in [1.807, 2.05) is 76.2 Å². The van der Waals surface area contributed by atoms with Crippen LogP contribution >= 0.6 is 31.9 Å². The minimum absolute atomic E-state index is 0.350. The monoisotopic (exact) mass is 1330 g/mol. The first-order chi connectivity index (χ1) is 44.9. The Balaban J connectivity index is 0.000000143. The fourth-order valence-corrected chi connectivity index (χ4v) is 12.8. The molecule has 0 bridgehead atoms. The van der Waals surface area contributed by atoms with Gasteiger partial charge in [-0.3, -0.25) is 13.7 Å². The number of hydrogen-bond donors (Lipinski definition) is 0. The van der Waals surface area contributed by atoms with Crippen LogP contribution in [0.4, 0.5) is 0 Å². The molecular formula is C75H57BBr2N12O2. The third kappa shape index (κ3) is 11.0. The number of hydrogen-bond acceptors (Lipinski definition) is 9. The van der Waals surface area contributed by atoms with Crippen molar-refractivity contribution in [3.8, 4) is 73.7 Å². The highest BCUT2D eigenvalue weighted by atomic mass is 79.9. The van der Waals surface area contributed by atoms with Crippen molar-refractivity contribution in [2.45, 2.75) is 38.9 Å². The molecule has 0 N–H and O–H groups in total. The van der Waals surface area contributed by atoms with Crippen LogP contribution < -0.4 is 5.46 Å². The largest absolute Gasteiger partial charge is 0.494 e. The summed E-state index contributed by atoms with van der Waals surface area (Å²) < 4.78 is 24.5. The Morgan fingerprint density at radius 1 is 0.370 bits per heavy atom. The smallest absolute Gasteiger partial charge is 0.399 e. The molecule has 0 atom stereocenters. The summed E-state index contributed by atoms with van der Waals surface area (Å²) in [5, 5.41) is 0. The Morgan fingerprint density at radius 3 is 1.18 bits per heavy atom. The van der Waals surface area contributed by atoms with Crippen molar-refractivity contribution < 1.29 is 9.31 Å². The van der Waals surface area contributed by atoms with Gasteiger partial charge in [-0.25, -0.2) is 34.9 Å². The molecule has 17 heteroatoms. The molecule has 92 heavy (non-hydrogen) atoms. The molecule has 1 saturated heterocycles. The number of fused-ring (bicyclic) bond motifs is 5. The maximum atomic E-state index is 6.19. The number of benzene rings is 9. The van der Waals surface area contributed by atoms with E-state index >= 15 is 0 Å². The standard InChI is InChI=1S/C44H29N7.C25H25BN2O2.C6H3Br2N3/c1-3-11-34(12-4-1)50-39-17-9-7-15-36(39)47-42(50)32-23-19-30(20-24-32)38-29-49-28-27-45-44(49)41(46-38)31-21-25-33(26-22-31)43-48-37-16-8-10-18-40(37)51(43)35-13-5-2-6-14-35;1-24(2)25(3,4)30-26(29-24)19-16-14-18(15-17-19)23-27-21-12-8-9-13-22(21)28(23)20-10-6-5-7-11-20;7-4-3-11-2-1-9-6(11)5(8)10-4/h1-29H;5-17H,1-4H3;1-3H. The van der Waals surface area contributed by atoms with E-state index in [-0.39, 0.29) is 18.3 Å². The highest BCUT2D eigenvalue weighted by Crippen LogP contribution is 2.38. The van der Waals surface area contributed by atoms with Crippen LogP contribution in [0.25, 0.3) is 118 Å². The molecule has 0 unspecified atom stereocenters. The van der Waals surface area contributed by atoms with Gasteiger partial charge in [-0.05, 0) is 138 Å². The summed E-state index contributed by atoms with van der Waals surface area (Å²) >= 11 is 6.58. The second kappa shape index (κ2) is 24.1. The lowest BCUT2D eigenvalue weighted by atomic mass is 9.79. The maximum Gasteiger partial charge on any atom is 0.494 e. The number of para-hydroxylation sites is 9. The van der Waals surface area contributed by atoms with Gasteiger partial charge in [0.1, 0.15) is 27.8 Å². The van der Waals surface area contributed by atoms with Crippen molar-refractivity contribution in [2.24, 2.45) is 0 Å². The van der Waals surface area contributed by atoms with Gasteiger partial charge < -0.3 is 18.1 Å². The van der Waals surface area contributed by atoms with Crippen LogP contribution in [0.5, 0.6) is 0 Å². The van der Waals surface area contributed by atoms with Crippen LogP contribution in [0.3, 0.4) is 0 Å². The molecule has 1 aliphatic rings. The van der Waals surface area contributed by atoms with Crippen LogP contribution in [0.1, 0.15) is 27.7 Å². The van der Waals surface area contributed by atoms with Crippen molar-refractivity contribution in [1.29, 1.82) is 0 Å². The van der Waals surface area contributed by atoms with Gasteiger partial charge in [0.25, 0.3) is 0 Å². The topological polar surface area (TPSA) is 132 Å². The van der Waals surface area contributed by atoms with E-state index < -0.39 is 0 Å². The number of nitrogens with zero attached hydrogens (tertiary/aromatic N) is 12. The molecule has 0 radical (unpaired) electrons. The first-order valence-electron chi connectivity index (χ1n) is 30.2. The zero-order valence-electron chi connectivity index (χ0n) is 50.5. The molecule has 16 aromatic rings. The van der Waals surface area contributed by atoms with E-state index in [4.69, 9.17) is 29.2 Å². The number of halogens is 2. The highest BCUT2D eigenvalue weighted by molar-refractivity contribution is 9.11. The summed E-state index contributed by atoms with van der Waals surface area (Å²) in [6, 6.07) is 81.2. The molecule has 446 valence electrons. The third-order valence-electron chi connectivity index (χ3n) is 17.0. The van der Waals surface area contributed by atoms with E-state index in [0.29, 0.717) is 0 Å². The Hall–Kier alpha value is -10.4. The van der Waals surface area contributed by atoms with E-state index in [1.165, 1.54) is 0 Å². The molecule has 0 amide bonds. The van der Waals surface area contributed by atoms with Crippen molar-refractivity contribution >= 4 is 88.8 Å². The van der Waals surface area contributed by atoms with Crippen molar-refractivity contribution in [2.75, 3.05) is 0 Å². The lowest BCUT2D eigenvalue weighted by Crippen LogP contribution is -2.41. The lowest BCUT2D eigenvalue weighted by molar-refractivity contribution is 0.00578. The first kappa shape index (κ1) is 58.0. The average Bonchev–Trinajstić information content (AvgIpc) is 1.63. The predicted molar refractivity (Wildman–Crippen MR) is 375 cm³/mol. The molecule has 14 nitrogen and oxygen atoms in total. The number of aromatic nitrogens is 12. The number of imidazole rings is 5. The zero-order chi connectivity index (χ0) is 62.5. The molecule has 17 rings (SSSR count). The molecule has 9 aromatic carbocycles. The van der Waals surface area contributed by atoms with E-state index in [9.17, 15) is 0 Å². The third-order valence-corrected chi connectivity index (χ3v) is 17.9. The molecule has 1 aliphatic heterocycles. The highest BCUT2D eigenvalue weighted by Gasteiger charge is 2.51. The SMILES string of the molecule is Brc1cn2ccnc2c(Br)n1.CC1(C)OB(c2ccc(-c3nc4ccccc4n3-c3ccccc3)cc2)OC1(C)C.c1ccc(-n2c(-c3ccc(-c4cn5ccnc5c(-c5ccc(-c6nc7ccccc7n6-c6ccccc6)cc5)n4)cc3)nc3ccccc32)cc1. The van der Waals surface area contributed by atoms with Gasteiger partial charge in [0.2, 0.25) is 0 Å². The van der Waals surface area contributed by atoms with Crippen LogP contribution in [-0.4, -0.2) is 75.7 Å². The zero-order valence-corrected chi connectivity index (χ0v) is 53.7. The lowest BCUT2D eigenvalue weighted by Gasteiger charge is -2.32. The summed E-state index contributed by atoms with van der Waals surface area (Å²) in [4.78, 5) is 33.1. The van der Waals surface area contributed by atoms with Crippen molar-refractivity contribution in [3.05, 3.63) is 283 Å². The second-order valence-electron chi connectivity index (χ2n) is 23.3. The normalized spacial score (nSPS) is 13.4. The van der Waals surface area contributed by atoms with Crippen LogP contribution in [0, 0.1) is 0 Å². The average molecular weight is 1330 g/mol. The Bertz CT molecular complexity index is 5300. The molecular weight excluding hydrogens is 1270 g/mol. The molecule has 1 fully saturated rings. The van der Waals surface area contributed by atoms with Crippen LogP contribution in [0.15, 0.2) is 283 Å². The van der Waals surface area contributed by atoms with Gasteiger partial charge in [-0.2, -0.15) is 0 Å². The Labute approximate surface area is 547 Å². The molecule has 8 heterocycles. The van der Waals surface area contributed by atoms with Crippen molar-refractivity contribution in [1.82, 2.24) is 57.4 Å². The molecule has 7 aromatic heterocycles. The summed E-state index contributed by atoms with van der Waals surface area (Å²) in [6.07, 6.45) is 11.3. The molecule has 0 aliphatic carbocycles. The quantitative estimate of drug-likeness (QED) is 0.130. The van der Waals surface area contributed by atoms with Gasteiger partial charge in [-0.15, -0.1) is 0 Å². The molecule has 0 saturated carbocycles. The summed E-state index contributed by atoms with van der Waals surface area (Å²) in [7, 11) is -0.364. The Kier molecular flexibility index (Phi) is 15.2.